The quantitative estimate of drug-likeness (QED) is 0.718. The smallest absolute Gasteiger partial charge is 0.264 e. The topological polar surface area (TPSA) is 102 Å². The molecule has 0 atom stereocenters. The van der Waals surface area contributed by atoms with Crippen LogP contribution in [0.4, 0.5) is 11.4 Å². The number of carbonyl (C=O) groups excluding carboxylic acids is 2. The molecule has 3 aromatic rings. The maximum atomic E-state index is 12.4. The summed E-state index contributed by atoms with van der Waals surface area (Å²) in [5.74, 6) is -0.0791. The van der Waals surface area contributed by atoms with Gasteiger partial charge in [-0.3, -0.25) is 23.6 Å². The number of nitrogens with one attached hydrogen (secondary N) is 1. The van der Waals surface area contributed by atoms with Crippen molar-refractivity contribution in [1.29, 1.82) is 0 Å². The van der Waals surface area contributed by atoms with E-state index in [0.717, 1.165) is 18.7 Å². The monoisotopic (exact) mass is 380 g/mol. The van der Waals surface area contributed by atoms with Crippen molar-refractivity contribution in [3.05, 3.63) is 47.1 Å². The Morgan fingerprint density at radius 2 is 2.00 bits per heavy atom. The molecule has 144 valence electrons. The maximum absolute atomic E-state index is 12.4. The van der Waals surface area contributed by atoms with Gasteiger partial charge in [0.25, 0.3) is 5.56 Å². The average molecular weight is 380 g/mol. The number of anilines is 2. The second kappa shape index (κ2) is 7.26. The van der Waals surface area contributed by atoms with Gasteiger partial charge in [0.05, 0.1) is 12.5 Å². The highest BCUT2D eigenvalue weighted by atomic mass is 16.2. The lowest BCUT2D eigenvalue weighted by Crippen LogP contribution is -2.24. The minimum absolute atomic E-state index is 0.126. The first kappa shape index (κ1) is 17.9. The summed E-state index contributed by atoms with van der Waals surface area (Å²) in [5.41, 5.74) is 1.78. The fraction of sp³-hybridized carbons (Fsp3) is 0.316. The highest BCUT2D eigenvalue weighted by Gasteiger charge is 2.21. The predicted octanol–water partition coefficient (Wildman–Crippen LogP) is 1.29. The van der Waals surface area contributed by atoms with E-state index in [1.165, 1.54) is 21.8 Å². The first-order valence-electron chi connectivity index (χ1n) is 9.10. The van der Waals surface area contributed by atoms with Crippen molar-refractivity contribution in [3.63, 3.8) is 0 Å². The Hall–Kier alpha value is -3.49. The van der Waals surface area contributed by atoms with Gasteiger partial charge in [0.1, 0.15) is 5.39 Å². The van der Waals surface area contributed by atoms with Gasteiger partial charge in [-0.25, -0.2) is 4.98 Å². The molecule has 1 saturated heterocycles. The van der Waals surface area contributed by atoms with Crippen LogP contribution in [-0.4, -0.2) is 37.7 Å². The molecule has 0 saturated carbocycles. The van der Waals surface area contributed by atoms with Crippen LogP contribution in [0.2, 0.25) is 0 Å². The van der Waals surface area contributed by atoms with E-state index in [0.29, 0.717) is 23.1 Å². The molecule has 1 N–H and O–H groups in total. The van der Waals surface area contributed by atoms with Gasteiger partial charge in [0, 0.05) is 44.4 Å². The highest BCUT2D eigenvalue weighted by molar-refractivity contribution is 5.96. The van der Waals surface area contributed by atoms with E-state index < -0.39 is 0 Å². The van der Waals surface area contributed by atoms with E-state index in [4.69, 9.17) is 0 Å². The number of hydrogen-bond acceptors (Lipinski definition) is 5. The lowest BCUT2D eigenvalue weighted by molar-refractivity contribution is -0.117. The Kier molecular flexibility index (Phi) is 4.64. The van der Waals surface area contributed by atoms with E-state index in [1.54, 1.807) is 24.1 Å². The van der Waals surface area contributed by atoms with Gasteiger partial charge in [-0.15, -0.1) is 0 Å². The first-order chi connectivity index (χ1) is 13.5. The molecule has 1 aliphatic heterocycles. The molecule has 28 heavy (non-hydrogen) atoms. The van der Waals surface area contributed by atoms with Crippen LogP contribution in [0.15, 0.2) is 41.6 Å². The molecule has 1 aliphatic rings. The van der Waals surface area contributed by atoms with Gasteiger partial charge in [-0.1, -0.05) is 0 Å². The minimum atomic E-state index is -0.217. The molecule has 3 heterocycles. The lowest BCUT2D eigenvalue weighted by atomic mass is 10.2. The van der Waals surface area contributed by atoms with Gasteiger partial charge in [-0.2, -0.15) is 5.10 Å². The fourth-order valence-corrected chi connectivity index (χ4v) is 3.32. The SMILES string of the molecule is Cn1ncc2c(=O)n(CCC(=O)Nc3ccc(N4CCCC4=O)cc3)cnc21. The second-order valence-corrected chi connectivity index (χ2v) is 6.74. The summed E-state index contributed by atoms with van der Waals surface area (Å²) in [4.78, 5) is 42.4. The largest absolute Gasteiger partial charge is 0.326 e. The second-order valence-electron chi connectivity index (χ2n) is 6.74. The summed E-state index contributed by atoms with van der Waals surface area (Å²) >= 11 is 0. The summed E-state index contributed by atoms with van der Waals surface area (Å²) in [6, 6.07) is 7.19. The summed E-state index contributed by atoms with van der Waals surface area (Å²) in [7, 11) is 1.72. The van der Waals surface area contributed by atoms with Gasteiger partial charge >= 0.3 is 0 Å². The van der Waals surface area contributed by atoms with Crippen molar-refractivity contribution in [2.75, 3.05) is 16.8 Å². The normalized spacial score (nSPS) is 14.0. The standard InChI is InChI=1S/C19H20N6O3/c1-23-18-15(11-21-23)19(28)24(12-20-18)10-8-16(26)22-13-4-6-14(7-5-13)25-9-2-3-17(25)27/h4-7,11-12H,2-3,8-10H2,1H3,(H,22,26). The van der Waals surface area contributed by atoms with E-state index in [9.17, 15) is 14.4 Å². The van der Waals surface area contributed by atoms with Crippen LogP contribution in [0.1, 0.15) is 19.3 Å². The molecular formula is C19H20N6O3. The molecule has 4 rings (SSSR count). The molecule has 0 radical (unpaired) electrons. The van der Waals surface area contributed by atoms with Crippen molar-refractivity contribution < 1.29 is 9.59 Å². The van der Waals surface area contributed by atoms with Crippen molar-refractivity contribution in [2.24, 2.45) is 7.05 Å². The third kappa shape index (κ3) is 3.38. The molecule has 9 nitrogen and oxygen atoms in total. The molecule has 2 amide bonds. The maximum Gasteiger partial charge on any atom is 0.264 e. The summed E-state index contributed by atoms with van der Waals surface area (Å²) in [6.07, 6.45) is 4.50. The average Bonchev–Trinajstić information content (AvgIpc) is 3.28. The van der Waals surface area contributed by atoms with Crippen molar-refractivity contribution in [2.45, 2.75) is 25.8 Å². The number of rotatable bonds is 5. The van der Waals surface area contributed by atoms with Gasteiger partial charge in [-0.05, 0) is 30.7 Å². The fourth-order valence-electron chi connectivity index (χ4n) is 3.32. The predicted molar refractivity (Wildman–Crippen MR) is 104 cm³/mol. The van der Waals surface area contributed by atoms with Crippen LogP contribution in [-0.2, 0) is 23.2 Å². The number of fused-ring (bicyclic) bond motifs is 1. The van der Waals surface area contributed by atoms with Gasteiger partial charge in [0.15, 0.2) is 5.65 Å². The van der Waals surface area contributed by atoms with Crippen LogP contribution in [0.25, 0.3) is 11.0 Å². The van der Waals surface area contributed by atoms with Crippen molar-refractivity contribution in [3.8, 4) is 0 Å². The Bertz CT molecular complexity index is 1100. The third-order valence-corrected chi connectivity index (χ3v) is 4.83. The minimum Gasteiger partial charge on any atom is -0.326 e. The Morgan fingerprint density at radius 1 is 1.21 bits per heavy atom. The molecule has 0 aliphatic carbocycles. The molecule has 9 heteroatoms. The highest BCUT2D eigenvalue weighted by Crippen LogP contribution is 2.23. The molecule has 0 spiro atoms. The van der Waals surface area contributed by atoms with Gasteiger partial charge < -0.3 is 10.2 Å². The molecule has 1 aromatic carbocycles. The van der Waals surface area contributed by atoms with Crippen molar-refractivity contribution in [1.82, 2.24) is 19.3 Å². The summed E-state index contributed by atoms with van der Waals surface area (Å²) < 4.78 is 2.94. The zero-order valence-corrected chi connectivity index (χ0v) is 15.5. The number of aryl methyl sites for hydroxylation is 2. The Labute approximate surface area is 160 Å². The van der Waals surface area contributed by atoms with Crippen LogP contribution in [0.5, 0.6) is 0 Å². The first-order valence-corrected chi connectivity index (χ1v) is 9.10. The summed E-state index contributed by atoms with van der Waals surface area (Å²) in [6.45, 7) is 0.956. The van der Waals surface area contributed by atoms with E-state index in [2.05, 4.69) is 15.4 Å². The van der Waals surface area contributed by atoms with Crippen molar-refractivity contribution >= 4 is 34.2 Å². The molecule has 0 bridgehead atoms. The van der Waals surface area contributed by atoms with Crippen LogP contribution in [0, 0.1) is 0 Å². The summed E-state index contributed by atoms with van der Waals surface area (Å²) in [5, 5.41) is 7.26. The van der Waals surface area contributed by atoms with E-state index in [1.807, 2.05) is 12.1 Å². The Balaban J connectivity index is 1.37. The third-order valence-electron chi connectivity index (χ3n) is 4.83. The van der Waals surface area contributed by atoms with Crippen LogP contribution < -0.4 is 15.8 Å². The zero-order chi connectivity index (χ0) is 19.7. The zero-order valence-electron chi connectivity index (χ0n) is 15.5. The molecule has 2 aromatic heterocycles. The Morgan fingerprint density at radius 3 is 2.71 bits per heavy atom. The number of nitrogens with zero attached hydrogens (tertiary/aromatic N) is 5. The van der Waals surface area contributed by atoms with E-state index in [-0.39, 0.29) is 30.3 Å². The number of carbonyl (C=O) groups is 2. The molecular weight excluding hydrogens is 360 g/mol. The molecule has 0 unspecified atom stereocenters. The number of hydrogen-bond donors (Lipinski definition) is 1. The number of amides is 2. The lowest BCUT2D eigenvalue weighted by Gasteiger charge is -2.16. The van der Waals surface area contributed by atoms with Crippen LogP contribution >= 0.6 is 0 Å². The van der Waals surface area contributed by atoms with Crippen LogP contribution in [0.3, 0.4) is 0 Å². The molecule has 1 fully saturated rings. The van der Waals surface area contributed by atoms with Gasteiger partial charge in [0.2, 0.25) is 11.8 Å². The number of aromatic nitrogens is 4. The number of benzene rings is 1. The van der Waals surface area contributed by atoms with E-state index >= 15 is 0 Å².